The minimum Gasteiger partial charge on any atom is -0.297 e. The standard InChI is InChI=1S/C6H2F2I2N2S/c7-1-2(8)4(10)6(12-13)5(11)3(1)9/h11,13H/b11-5?,12-6-. The maximum Gasteiger partial charge on any atom is 0.175 e. The summed E-state index contributed by atoms with van der Waals surface area (Å²) in [5.74, 6) is -1.98. The molecule has 0 atom stereocenters. The quantitative estimate of drug-likeness (QED) is 0.338. The summed E-state index contributed by atoms with van der Waals surface area (Å²) in [5.41, 5.74) is -0.0777. The van der Waals surface area contributed by atoms with Gasteiger partial charge in [-0.3, -0.25) is 5.41 Å². The Morgan fingerprint density at radius 2 is 1.62 bits per heavy atom. The molecule has 70 valence electrons. The summed E-state index contributed by atoms with van der Waals surface area (Å²) in [6.45, 7) is 0. The van der Waals surface area contributed by atoms with Crippen LogP contribution >= 0.6 is 58.0 Å². The summed E-state index contributed by atoms with van der Waals surface area (Å²) in [6, 6.07) is 0. The Bertz CT molecular complexity index is 369. The largest absolute Gasteiger partial charge is 0.297 e. The molecule has 13 heavy (non-hydrogen) atoms. The van der Waals surface area contributed by atoms with E-state index in [0.717, 1.165) is 0 Å². The van der Waals surface area contributed by atoms with Crippen LogP contribution in [0.4, 0.5) is 8.78 Å². The van der Waals surface area contributed by atoms with Gasteiger partial charge in [0.15, 0.2) is 11.7 Å². The van der Waals surface area contributed by atoms with Gasteiger partial charge in [0.05, 0.1) is 12.9 Å². The number of rotatable bonds is 0. The second kappa shape index (κ2) is 4.34. The molecular weight excluding hydrogens is 424 g/mol. The second-order valence-electron chi connectivity index (χ2n) is 2.08. The van der Waals surface area contributed by atoms with Crippen molar-refractivity contribution in [1.29, 1.82) is 5.41 Å². The Morgan fingerprint density at radius 3 is 2.08 bits per heavy atom. The van der Waals surface area contributed by atoms with Crippen molar-refractivity contribution in [3.05, 3.63) is 18.8 Å². The van der Waals surface area contributed by atoms with Gasteiger partial charge in [-0.05, 0) is 58.0 Å². The number of thiol groups is 1. The molecule has 0 radical (unpaired) electrons. The van der Waals surface area contributed by atoms with Crippen LogP contribution in [0, 0.1) is 5.41 Å². The molecule has 1 N–H and O–H groups in total. The second-order valence-corrected chi connectivity index (χ2v) is 4.44. The molecule has 7 heteroatoms. The van der Waals surface area contributed by atoms with E-state index < -0.39 is 11.7 Å². The molecule has 2 nitrogen and oxygen atoms in total. The minimum atomic E-state index is -1.00. The monoisotopic (exact) mass is 426 g/mol. The Labute approximate surface area is 106 Å². The number of nitrogens with zero attached hydrogens (tertiary/aromatic N) is 1. The molecule has 0 spiro atoms. The van der Waals surface area contributed by atoms with Gasteiger partial charge in [0.2, 0.25) is 0 Å². The fourth-order valence-corrected chi connectivity index (χ4v) is 2.22. The number of hydrogen-bond acceptors (Lipinski definition) is 3. The van der Waals surface area contributed by atoms with Crippen molar-refractivity contribution in [2.45, 2.75) is 0 Å². The lowest BCUT2D eigenvalue weighted by atomic mass is 10.1. The Balaban J connectivity index is 3.41. The third kappa shape index (κ3) is 1.96. The van der Waals surface area contributed by atoms with Crippen LogP contribution in [0.25, 0.3) is 0 Å². The average molecular weight is 426 g/mol. The maximum atomic E-state index is 13.1. The van der Waals surface area contributed by atoms with Gasteiger partial charge >= 0.3 is 0 Å². The van der Waals surface area contributed by atoms with Crippen molar-refractivity contribution >= 4 is 69.4 Å². The summed E-state index contributed by atoms with van der Waals surface area (Å²) < 4.78 is 29.4. The molecule has 1 aliphatic carbocycles. The zero-order valence-corrected chi connectivity index (χ0v) is 11.1. The first-order valence-electron chi connectivity index (χ1n) is 2.93. The first-order chi connectivity index (χ1) is 6.00. The van der Waals surface area contributed by atoms with Crippen molar-refractivity contribution in [2.24, 2.45) is 4.40 Å². The lowest BCUT2D eigenvalue weighted by Gasteiger charge is -2.12. The van der Waals surface area contributed by atoms with E-state index in [1.807, 2.05) is 0 Å². The molecule has 0 saturated heterocycles. The highest BCUT2D eigenvalue weighted by molar-refractivity contribution is 14.1. The highest BCUT2D eigenvalue weighted by atomic mass is 127. The smallest absolute Gasteiger partial charge is 0.175 e. The van der Waals surface area contributed by atoms with Gasteiger partial charge < -0.3 is 0 Å². The summed E-state index contributed by atoms with van der Waals surface area (Å²) in [4.78, 5) is 0. The van der Waals surface area contributed by atoms with Crippen molar-refractivity contribution < 1.29 is 8.78 Å². The van der Waals surface area contributed by atoms with E-state index in [2.05, 4.69) is 17.2 Å². The van der Waals surface area contributed by atoms with Crippen LogP contribution in [-0.4, -0.2) is 11.4 Å². The zero-order chi connectivity index (χ0) is 10.2. The van der Waals surface area contributed by atoms with E-state index in [4.69, 9.17) is 5.41 Å². The number of allylic oxidation sites excluding steroid dienone is 4. The predicted molar refractivity (Wildman–Crippen MR) is 68.5 cm³/mol. The molecule has 0 aromatic carbocycles. The lowest BCUT2D eigenvalue weighted by molar-refractivity contribution is 0.545. The van der Waals surface area contributed by atoms with Crippen LogP contribution in [0.15, 0.2) is 23.2 Å². The van der Waals surface area contributed by atoms with E-state index >= 15 is 0 Å². The van der Waals surface area contributed by atoms with Crippen LogP contribution in [0.3, 0.4) is 0 Å². The number of nitrogens with one attached hydrogen (secondary N) is 1. The fraction of sp³-hybridized carbons (Fsp3) is 0. The average Bonchev–Trinajstić information content (AvgIpc) is 2.13. The van der Waals surface area contributed by atoms with Gasteiger partial charge in [0, 0.05) is 0 Å². The minimum absolute atomic E-state index is 0.0180. The molecular formula is C6H2F2I2N2S. The van der Waals surface area contributed by atoms with Gasteiger partial charge in [0.1, 0.15) is 5.71 Å². The van der Waals surface area contributed by atoms with Crippen molar-refractivity contribution in [3.8, 4) is 0 Å². The van der Waals surface area contributed by atoms with E-state index in [0.29, 0.717) is 0 Å². The van der Waals surface area contributed by atoms with Crippen LogP contribution in [0.2, 0.25) is 0 Å². The molecule has 1 rings (SSSR count). The molecule has 0 fully saturated rings. The van der Waals surface area contributed by atoms with Gasteiger partial charge in [-0.2, -0.15) is 0 Å². The van der Waals surface area contributed by atoms with Crippen molar-refractivity contribution in [3.63, 3.8) is 0 Å². The lowest BCUT2D eigenvalue weighted by Crippen LogP contribution is -2.18. The molecule has 0 bridgehead atoms. The first-order valence-corrected chi connectivity index (χ1v) is 5.49. The Morgan fingerprint density at radius 1 is 1.15 bits per heavy atom. The molecule has 0 unspecified atom stereocenters. The van der Waals surface area contributed by atoms with E-state index in [-0.39, 0.29) is 18.6 Å². The van der Waals surface area contributed by atoms with E-state index in [1.54, 1.807) is 45.2 Å². The first kappa shape index (κ1) is 11.6. The van der Waals surface area contributed by atoms with Crippen molar-refractivity contribution in [2.75, 3.05) is 0 Å². The Kier molecular flexibility index (Phi) is 3.86. The van der Waals surface area contributed by atoms with E-state index in [9.17, 15) is 8.78 Å². The van der Waals surface area contributed by atoms with E-state index in [1.165, 1.54) is 0 Å². The van der Waals surface area contributed by atoms with Gasteiger partial charge in [-0.15, -0.1) is 0 Å². The van der Waals surface area contributed by atoms with Gasteiger partial charge in [-0.1, -0.05) is 0 Å². The highest BCUT2D eigenvalue weighted by Gasteiger charge is 2.28. The molecule has 0 aromatic rings. The molecule has 1 aliphatic rings. The Hall–Kier alpha value is 0.490. The van der Waals surface area contributed by atoms with Gasteiger partial charge in [0.25, 0.3) is 0 Å². The summed E-state index contributed by atoms with van der Waals surface area (Å²) in [6.07, 6.45) is 0. The molecule has 0 heterocycles. The van der Waals surface area contributed by atoms with Crippen LogP contribution in [0.1, 0.15) is 0 Å². The molecule has 0 aromatic heterocycles. The van der Waals surface area contributed by atoms with Crippen LogP contribution < -0.4 is 0 Å². The third-order valence-corrected chi connectivity index (χ3v) is 3.54. The van der Waals surface area contributed by atoms with Crippen LogP contribution in [0.5, 0.6) is 0 Å². The zero-order valence-electron chi connectivity index (χ0n) is 5.91. The molecule has 0 amide bonds. The summed E-state index contributed by atoms with van der Waals surface area (Å²) in [7, 11) is 0. The highest BCUT2D eigenvalue weighted by Crippen LogP contribution is 2.35. The number of hydrogen-bond donors (Lipinski definition) is 2. The SMILES string of the molecule is N=C1C(I)=C(F)C(F)=C(I)/C1=N/S. The fourth-order valence-electron chi connectivity index (χ4n) is 0.714. The normalized spacial score (nSPS) is 21.9. The number of halogens is 4. The topological polar surface area (TPSA) is 36.2 Å². The predicted octanol–water partition coefficient (Wildman–Crippen LogP) is 3.54. The molecule has 0 aliphatic heterocycles. The summed E-state index contributed by atoms with van der Waals surface area (Å²) >= 11 is 6.74. The third-order valence-electron chi connectivity index (χ3n) is 1.34. The van der Waals surface area contributed by atoms with Crippen molar-refractivity contribution in [1.82, 2.24) is 0 Å². The molecule has 0 saturated carbocycles. The van der Waals surface area contributed by atoms with Gasteiger partial charge in [-0.25, -0.2) is 13.2 Å². The van der Waals surface area contributed by atoms with Crippen LogP contribution in [-0.2, 0) is 0 Å². The summed E-state index contributed by atoms with van der Waals surface area (Å²) in [5, 5.41) is 7.41. The maximum absolute atomic E-state index is 13.1.